The van der Waals surface area contributed by atoms with Crippen molar-refractivity contribution in [2.45, 2.75) is 19.0 Å². The van der Waals surface area contributed by atoms with E-state index < -0.39 is 35.6 Å². The second-order valence-electron chi connectivity index (χ2n) is 6.64. The number of aromatic nitrogens is 5. The Balaban J connectivity index is 2.06. The van der Waals surface area contributed by atoms with Crippen LogP contribution >= 0.6 is 0 Å². The van der Waals surface area contributed by atoms with E-state index in [2.05, 4.69) is 25.5 Å². The molecule has 0 saturated heterocycles. The number of imidazole rings is 1. The maximum Gasteiger partial charge on any atom is 0.419 e. The minimum Gasteiger partial charge on any atom is -0.396 e. The number of aromatic amines is 1. The third-order valence-corrected chi connectivity index (χ3v) is 4.74. The maximum atomic E-state index is 15.2. The highest BCUT2D eigenvalue weighted by molar-refractivity contribution is 5.98. The van der Waals surface area contributed by atoms with Gasteiger partial charge < -0.3 is 14.8 Å². The molecule has 0 aliphatic rings. The van der Waals surface area contributed by atoms with Crippen molar-refractivity contribution in [3.05, 3.63) is 41.7 Å². The summed E-state index contributed by atoms with van der Waals surface area (Å²) in [4.78, 5) is 18.7. The SMILES string of the molecule is CC(CO)c1c(F)c(C(F)(F)F)c(-c2cn3cc(NC=O)nc3cn2)c2cn[nH]c12. The van der Waals surface area contributed by atoms with E-state index in [-0.39, 0.29) is 33.6 Å². The Morgan fingerprint density at radius 2 is 2.10 bits per heavy atom. The largest absolute Gasteiger partial charge is 0.419 e. The number of anilines is 1. The number of hydrogen-bond acceptors (Lipinski definition) is 5. The first-order chi connectivity index (χ1) is 14.3. The van der Waals surface area contributed by atoms with E-state index in [0.717, 1.165) is 6.20 Å². The van der Waals surface area contributed by atoms with Crippen molar-refractivity contribution in [3.63, 3.8) is 0 Å². The number of rotatable bonds is 5. The van der Waals surface area contributed by atoms with Gasteiger partial charge in [0, 0.05) is 35.2 Å². The van der Waals surface area contributed by atoms with Gasteiger partial charge in [0.15, 0.2) is 11.5 Å². The summed E-state index contributed by atoms with van der Waals surface area (Å²) in [6.45, 7) is 0.864. The zero-order chi connectivity index (χ0) is 21.6. The van der Waals surface area contributed by atoms with Crippen LogP contribution in [0.1, 0.15) is 24.0 Å². The molecule has 12 heteroatoms. The van der Waals surface area contributed by atoms with Crippen LogP contribution in [0.2, 0.25) is 0 Å². The van der Waals surface area contributed by atoms with E-state index in [1.54, 1.807) is 0 Å². The molecule has 0 saturated carbocycles. The fraction of sp³-hybridized carbons (Fsp3) is 0.222. The Labute approximate surface area is 165 Å². The number of alkyl halides is 3. The Morgan fingerprint density at radius 3 is 2.77 bits per heavy atom. The van der Waals surface area contributed by atoms with Crippen molar-refractivity contribution >= 4 is 28.8 Å². The molecule has 1 aromatic carbocycles. The fourth-order valence-corrected chi connectivity index (χ4v) is 3.41. The van der Waals surface area contributed by atoms with Crippen molar-refractivity contribution in [3.8, 4) is 11.3 Å². The van der Waals surface area contributed by atoms with Crippen molar-refractivity contribution in [1.29, 1.82) is 0 Å². The molecule has 0 aliphatic carbocycles. The van der Waals surface area contributed by atoms with Crippen LogP contribution in [0.25, 0.3) is 27.8 Å². The molecule has 0 bridgehead atoms. The molecule has 3 heterocycles. The number of H-pyrrole nitrogens is 1. The van der Waals surface area contributed by atoms with Crippen LogP contribution in [0.15, 0.2) is 24.8 Å². The second kappa shape index (κ2) is 7.06. The zero-order valence-corrected chi connectivity index (χ0v) is 15.3. The van der Waals surface area contributed by atoms with Crippen molar-refractivity contribution in [1.82, 2.24) is 24.6 Å². The lowest BCUT2D eigenvalue weighted by atomic mass is 9.90. The number of aliphatic hydroxyl groups is 1. The summed E-state index contributed by atoms with van der Waals surface area (Å²) >= 11 is 0. The average molecular weight is 422 g/mol. The van der Waals surface area contributed by atoms with Gasteiger partial charge in [0.25, 0.3) is 0 Å². The number of halogens is 4. The number of carbonyl (C=O) groups excluding carboxylic acids is 1. The van der Waals surface area contributed by atoms with E-state index >= 15 is 4.39 Å². The van der Waals surface area contributed by atoms with Gasteiger partial charge in [0.2, 0.25) is 6.41 Å². The second-order valence-corrected chi connectivity index (χ2v) is 6.64. The molecular weight excluding hydrogens is 408 g/mol. The average Bonchev–Trinajstić information content (AvgIpc) is 3.31. The van der Waals surface area contributed by atoms with E-state index in [1.165, 1.54) is 29.9 Å². The van der Waals surface area contributed by atoms with Gasteiger partial charge >= 0.3 is 6.18 Å². The number of hydrogen-bond donors (Lipinski definition) is 3. The lowest BCUT2D eigenvalue weighted by Gasteiger charge is -2.20. The predicted molar refractivity (Wildman–Crippen MR) is 98.2 cm³/mol. The Hall–Kier alpha value is -3.54. The van der Waals surface area contributed by atoms with E-state index in [9.17, 15) is 23.1 Å². The standard InChI is InChI=1S/C18H14F4N6O2/c1-8(6-29)13-16(19)15(18(20,21)22)14(9-2-25-27-17(9)13)10-4-28-5-11(24-7-30)26-12(28)3-23-10/h2-5,7-8,29H,6H2,1H3,(H,24,30)(H,25,27). The highest BCUT2D eigenvalue weighted by atomic mass is 19.4. The molecular formula is C18H14F4N6O2. The van der Waals surface area contributed by atoms with Gasteiger partial charge in [-0.25, -0.2) is 9.37 Å². The minimum absolute atomic E-state index is 0.0113. The lowest BCUT2D eigenvalue weighted by Crippen LogP contribution is -2.15. The molecule has 1 unspecified atom stereocenters. The summed E-state index contributed by atoms with van der Waals surface area (Å²) in [7, 11) is 0. The first-order valence-electron chi connectivity index (χ1n) is 8.68. The lowest BCUT2D eigenvalue weighted by molar-refractivity contribution is -0.139. The van der Waals surface area contributed by atoms with Gasteiger partial charge in [-0.05, 0) is 0 Å². The summed E-state index contributed by atoms with van der Waals surface area (Å²) in [5.41, 5.74) is -2.14. The summed E-state index contributed by atoms with van der Waals surface area (Å²) in [5, 5.41) is 18.1. The first-order valence-corrected chi connectivity index (χ1v) is 8.68. The van der Waals surface area contributed by atoms with Gasteiger partial charge in [0.05, 0.1) is 29.8 Å². The number of aliphatic hydroxyl groups excluding tert-OH is 1. The zero-order valence-electron chi connectivity index (χ0n) is 15.3. The van der Waals surface area contributed by atoms with Crippen molar-refractivity contribution in [2.75, 3.05) is 11.9 Å². The Morgan fingerprint density at radius 1 is 1.33 bits per heavy atom. The number of benzene rings is 1. The van der Waals surface area contributed by atoms with Gasteiger partial charge in [-0.3, -0.25) is 14.9 Å². The molecule has 1 atom stereocenters. The van der Waals surface area contributed by atoms with Gasteiger partial charge in [0.1, 0.15) is 11.4 Å². The number of fused-ring (bicyclic) bond motifs is 2. The summed E-state index contributed by atoms with van der Waals surface area (Å²) in [6, 6.07) is 0. The highest BCUT2D eigenvalue weighted by Gasteiger charge is 2.41. The minimum atomic E-state index is -5.04. The summed E-state index contributed by atoms with van der Waals surface area (Å²) in [5.74, 6) is -2.22. The van der Waals surface area contributed by atoms with Crippen LogP contribution in [0.3, 0.4) is 0 Å². The molecule has 0 fully saturated rings. The predicted octanol–water partition coefficient (Wildman–Crippen LogP) is 3.09. The van der Waals surface area contributed by atoms with Crippen LogP contribution in [-0.4, -0.2) is 42.7 Å². The van der Waals surface area contributed by atoms with Crippen molar-refractivity contribution in [2.24, 2.45) is 0 Å². The van der Waals surface area contributed by atoms with Crippen LogP contribution in [0.4, 0.5) is 23.4 Å². The quantitative estimate of drug-likeness (QED) is 0.338. The highest BCUT2D eigenvalue weighted by Crippen LogP contribution is 2.45. The molecule has 0 spiro atoms. The molecule has 3 N–H and O–H groups in total. The molecule has 0 aliphatic heterocycles. The van der Waals surface area contributed by atoms with E-state index in [1.807, 2.05) is 0 Å². The van der Waals surface area contributed by atoms with E-state index in [4.69, 9.17) is 0 Å². The van der Waals surface area contributed by atoms with Crippen molar-refractivity contribution < 1.29 is 27.5 Å². The van der Waals surface area contributed by atoms with Gasteiger partial charge in [-0.15, -0.1) is 0 Å². The molecule has 156 valence electrons. The molecule has 8 nitrogen and oxygen atoms in total. The third kappa shape index (κ3) is 3.05. The Kier molecular flexibility index (Phi) is 4.65. The summed E-state index contributed by atoms with van der Waals surface area (Å²) in [6.07, 6.45) is 0.372. The monoisotopic (exact) mass is 422 g/mol. The molecule has 4 rings (SSSR count). The van der Waals surface area contributed by atoms with Crippen LogP contribution < -0.4 is 5.32 Å². The molecule has 30 heavy (non-hydrogen) atoms. The first kappa shape index (κ1) is 19.8. The van der Waals surface area contributed by atoms with Crippen LogP contribution in [0, 0.1) is 5.82 Å². The molecule has 1 amide bonds. The fourth-order valence-electron chi connectivity index (χ4n) is 3.41. The number of amides is 1. The third-order valence-electron chi connectivity index (χ3n) is 4.74. The van der Waals surface area contributed by atoms with Crippen LogP contribution in [0.5, 0.6) is 0 Å². The normalized spacial score (nSPS) is 13.1. The number of carbonyl (C=O) groups is 1. The smallest absolute Gasteiger partial charge is 0.396 e. The Bertz CT molecular complexity index is 1260. The number of nitrogens with zero attached hydrogens (tertiary/aromatic N) is 4. The number of nitrogens with one attached hydrogen (secondary N) is 2. The molecule has 3 aromatic heterocycles. The maximum absolute atomic E-state index is 15.2. The molecule has 4 aromatic rings. The van der Waals surface area contributed by atoms with Gasteiger partial charge in [-0.1, -0.05) is 6.92 Å². The van der Waals surface area contributed by atoms with Crippen LogP contribution in [-0.2, 0) is 11.0 Å². The topological polar surface area (TPSA) is 108 Å². The summed E-state index contributed by atoms with van der Waals surface area (Å²) < 4.78 is 58.5. The van der Waals surface area contributed by atoms with Gasteiger partial charge in [-0.2, -0.15) is 18.3 Å². The molecule has 0 radical (unpaired) electrons. The van der Waals surface area contributed by atoms with E-state index in [0.29, 0.717) is 6.41 Å².